The van der Waals surface area contributed by atoms with Gasteiger partial charge in [0.05, 0.1) is 12.5 Å². The molecule has 6 N–H and O–H groups in total. The standard InChI is InChI=1S/C6H12N2O2.C5H10N2O2/c7-8-6(9)4-5-2-1-3-10-5;6-7-5(8)4-2-1-3-9-4/h5H,1-4,7H2,(H,8,9);4H,1-3,6H2,(H,7,8). The van der Waals surface area contributed by atoms with Crippen molar-refractivity contribution in [2.75, 3.05) is 13.2 Å². The van der Waals surface area contributed by atoms with Crippen molar-refractivity contribution in [2.24, 2.45) is 11.7 Å². The molecule has 2 heterocycles. The Kier molecular flexibility index (Phi) is 7.34. The van der Waals surface area contributed by atoms with Gasteiger partial charge in [0.1, 0.15) is 6.10 Å². The molecule has 0 saturated carbocycles. The molecule has 0 aromatic carbocycles. The maximum absolute atomic E-state index is 10.7. The van der Waals surface area contributed by atoms with Gasteiger partial charge < -0.3 is 9.47 Å². The fourth-order valence-electron chi connectivity index (χ4n) is 1.95. The second-order valence-electron chi connectivity index (χ2n) is 4.42. The Morgan fingerprint density at radius 3 is 2.21 bits per heavy atom. The van der Waals surface area contributed by atoms with E-state index in [4.69, 9.17) is 21.2 Å². The Labute approximate surface area is 112 Å². The highest BCUT2D eigenvalue weighted by molar-refractivity contribution is 5.80. The van der Waals surface area contributed by atoms with Crippen LogP contribution in [-0.4, -0.2) is 37.2 Å². The van der Waals surface area contributed by atoms with Crippen molar-refractivity contribution in [3.63, 3.8) is 0 Å². The average molecular weight is 274 g/mol. The first-order valence-corrected chi connectivity index (χ1v) is 6.40. The van der Waals surface area contributed by atoms with Crippen molar-refractivity contribution in [3.05, 3.63) is 0 Å². The second kappa shape index (κ2) is 8.81. The third-order valence-corrected chi connectivity index (χ3v) is 2.96. The van der Waals surface area contributed by atoms with E-state index in [-0.39, 0.29) is 24.0 Å². The van der Waals surface area contributed by atoms with Crippen LogP contribution in [0.3, 0.4) is 0 Å². The number of hydrazine groups is 2. The number of carbonyl (C=O) groups is 2. The van der Waals surface area contributed by atoms with Crippen LogP contribution in [-0.2, 0) is 19.1 Å². The van der Waals surface area contributed by atoms with E-state index in [1.54, 1.807) is 0 Å². The minimum absolute atomic E-state index is 0.101. The summed E-state index contributed by atoms with van der Waals surface area (Å²) in [6.45, 7) is 1.46. The number of nitrogens with one attached hydrogen (secondary N) is 2. The SMILES string of the molecule is NNC(=O)C1CCCO1.NNC(=O)CC1CCCO1. The van der Waals surface area contributed by atoms with Gasteiger partial charge in [-0.2, -0.15) is 0 Å². The molecule has 0 bridgehead atoms. The van der Waals surface area contributed by atoms with Gasteiger partial charge in [-0.3, -0.25) is 20.4 Å². The molecular formula is C11H22N4O4. The summed E-state index contributed by atoms with van der Waals surface area (Å²) in [5.41, 5.74) is 4.12. The van der Waals surface area contributed by atoms with Gasteiger partial charge in [-0.25, -0.2) is 11.7 Å². The molecule has 2 aliphatic heterocycles. The average Bonchev–Trinajstić information content (AvgIpc) is 3.11. The fraction of sp³-hybridized carbons (Fsp3) is 0.818. The van der Waals surface area contributed by atoms with E-state index in [1.165, 1.54) is 0 Å². The molecule has 8 heteroatoms. The lowest BCUT2D eigenvalue weighted by Gasteiger charge is -2.06. The topological polar surface area (TPSA) is 129 Å². The molecule has 19 heavy (non-hydrogen) atoms. The molecule has 0 spiro atoms. The van der Waals surface area contributed by atoms with Crippen LogP contribution in [0.4, 0.5) is 0 Å². The van der Waals surface area contributed by atoms with Crippen molar-refractivity contribution >= 4 is 11.8 Å². The number of hydrogen-bond donors (Lipinski definition) is 4. The predicted octanol–water partition coefficient (Wildman–Crippen LogP) is -1.30. The summed E-state index contributed by atoms with van der Waals surface area (Å²) in [5, 5.41) is 0. The maximum atomic E-state index is 10.7. The molecule has 2 saturated heterocycles. The maximum Gasteiger partial charge on any atom is 0.262 e. The first kappa shape index (κ1) is 15.8. The van der Waals surface area contributed by atoms with Gasteiger partial charge in [0.2, 0.25) is 5.91 Å². The van der Waals surface area contributed by atoms with Gasteiger partial charge >= 0.3 is 0 Å². The van der Waals surface area contributed by atoms with Crippen molar-refractivity contribution in [1.29, 1.82) is 0 Å². The van der Waals surface area contributed by atoms with E-state index in [9.17, 15) is 9.59 Å². The second-order valence-corrected chi connectivity index (χ2v) is 4.42. The highest BCUT2D eigenvalue weighted by Gasteiger charge is 2.22. The molecule has 2 unspecified atom stereocenters. The minimum Gasteiger partial charge on any atom is -0.378 e. The number of amides is 2. The zero-order valence-corrected chi connectivity index (χ0v) is 10.9. The number of hydrogen-bond acceptors (Lipinski definition) is 6. The highest BCUT2D eigenvalue weighted by Crippen LogP contribution is 2.14. The number of nitrogens with two attached hydrogens (primary N) is 2. The van der Waals surface area contributed by atoms with Crippen LogP contribution >= 0.6 is 0 Å². The lowest BCUT2D eigenvalue weighted by Crippen LogP contribution is -2.38. The predicted molar refractivity (Wildman–Crippen MR) is 67.2 cm³/mol. The van der Waals surface area contributed by atoms with E-state index in [0.717, 1.165) is 32.3 Å². The Hall–Kier alpha value is -1.22. The summed E-state index contributed by atoms with van der Waals surface area (Å²) in [6.07, 6.45) is 3.99. The summed E-state index contributed by atoms with van der Waals surface area (Å²) in [4.78, 5) is 21.3. The fourth-order valence-corrected chi connectivity index (χ4v) is 1.95. The first-order chi connectivity index (χ1) is 9.17. The highest BCUT2D eigenvalue weighted by atomic mass is 16.5. The van der Waals surface area contributed by atoms with Crippen LogP contribution < -0.4 is 22.5 Å². The van der Waals surface area contributed by atoms with Gasteiger partial charge in [0.15, 0.2) is 0 Å². The van der Waals surface area contributed by atoms with Crippen LogP contribution in [0.5, 0.6) is 0 Å². The van der Waals surface area contributed by atoms with Gasteiger partial charge in [-0.15, -0.1) is 0 Å². The van der Waals surface area contributed by atoms with Crippen molar-refractivity contribution in [3.8, 4) is 0 Å². The lowest BCUT2D eigenvalue weighted by atomic mass is 10.2. The summed E-state index contributed by atoms with van der Waals surface area (Å²) in [5.74, 6) is 9.41. The van der Waals surface area contributed by atoms with Crippen LogP contribution in [0.15, 0.2) is 0 Å². The lowest BCUT2D eigenvalue weighted by molar-refractivity contribution is -0.130. The quantitative estimate of drug-likeness (QED) is 0.288. The van der Waals surface area contributed by atoms with Gasteiger partial charge in [0.25, 0.3) is 5.91 Å². The zero-order chi connectivity index (χ0) is 14.1. The van der Waals surface area contributed by atoms with Crippen LogP contribution in [0.2, 0.25) is 0 Å². The van der Waals surface area contributed by atoms with Crippen LogP contribution in [0.1, 0.15) is 32.1 Å². The minimum atomic E-state index is -0.296. The largest absolute Gasteiger partial charge is 0.378 e. The molecule has 110 valence electrons. The Balaban J connectivity index is 0.000000191. The molecule has 2 atom stereocenters. The van der Waals surface area contributed by atoms with Crippen molar-refractivity contribution in [1.82, 2.24) is 10.9 Å². The van der Waals surface area contributed by atoms with E-state index in [0.29, 0.717) is 13.0 Å². The van der Waals surface area contributed by atoms with Crippen LogP contribution in [0, 0.1) is 0 Å². The molecule has 8 nitrogen and oxygen atoms in total. The van der Waals surface area contributed by atoms with Crippen molar-refractivity contribution < 1.29 is 19.1 Å². The molecule has 2 aliphatic rings. The monoisotopic (exact) mass is 274 g/mol. The molecule has 0 radical (unpaired) electrons. The number of rotatable bonds is 3. The number of carbonyl (C=O) groups excluding carboxylic acids is 2. The third kappa shape index (κ3) is 5.97. The van der Waals surface area contributed by atoms with E-state index >= 15 is 0 Å². The third-order valence-electron chi connectivity index (χ3n) is 2.96. The summed E-state index contributed by atoms with van der Waals surface area (Å²) >= 11 is 0. The molecule has 0 aromatic heterocycles. The Bertz CT molecular complexity index is 288. The van der Waals surface area contributed by atoms with E-state index < -0.39 is 0 Å². The van der Waals surface area contributed by atoms with Gasteiger partial charge in [-0.05, 0) is 25.7 Å². The smallest absolute Gasteiger partial charge is 0.262 e. The Morgan fingerprint density at radius 1 is 1.05 bits per heavy atom. The van der Waals surface area contributed by atoms with Crippen LogP contribution in [0.25, 0.3) is 0 Å². The van der Waals surface area contributed by atoms with E-state index in [2.05, 4.69) is 5.43 Å². The molecule has 0 aliphatic carbocycles. The normalized spacial score (nSPS) is 25.4. The first-order valence-electron chi connectivity index (χ1n) is 6.40. The molecular weight excluding hydrogens is 252 g/mol. The summed E-state index contributed by atoms with van der Waals surface area (Å²) in [7, 11) is 0. The molecule has 2 amide bonds. The molecule has 2 rings (SSSR count). The van der Waals surface area contributed by atoms with Gasteiger partial charge in [0, 0.05) is 13.2 Å². The summed E-state index contributed by atoms with van der Waals surface area (Å²) < 4.78 is 10.2. The van der Waals surface area contributed by atoms with Crippen molar-refractivity contribution in [2.45, 2.75) is 44.3 Å². The number of ether oxygens (including phenoxy) is 2. The Morgan fingerprint density at radius 2 is 1.74 bits per heavy atom. The van der Waals surface area contributed by atoms with Gasteiger partial charge in [-0.1, -0.05) is 0 Å². The molecule has 0 aromatic rings. The zero-order valence-electron chi connectivity index (χ0n) is 10.9. The molecule has 2 fully saturated rings. The van der Waals surface area contributed by atoms with E-state index in [1.807, 2.05) is 5.43 Å². The summed E-state index contributed by atoms with van der Waals surface area (Å²) in [6, 6.07) is 0.